The van der Waals surface area contributed by atoms with Crippen molar-refractivity contribution in [3.05, 3.63) is 47.5 Å². The van der Waals surface area contributed by atoms with Crippen LogP contribution in [0.3, 0.4) is 0 Å². The van der Waals surface area contributed by atoms with Gasteiger partial charge >= 0.3 is 6.09 Å². The normalized spacial score (nSPS) is 19.5. The van der Waals surface area contributed by atoms with Crippen molar-refractivity contribution in [2.75, 3.05) is 24.5 Å². The van der Waals surface area contributed by atoms with Gasteiger partial charge in [-0.25, -0.2) is 13.9 Å². The number of rotatable bonds is 4. The van der Waals surface area contributed by atoms with E-state index in [9.17, 15) is 9.18 Å². The van der Waals surface area contributed by atoms with Gasteiger partial charge in [-0.1, -0.05) is 5.21 Å². The number of carbonyl (C=O) groups is 1. The Kier molecular flexibility index (Phi) is 5.76. The van der Waals surface area contributed by atoms with E-state index < -0.39 is 6.09 Å². The Morgan fingerprint density at radius 3 is 2.93 bits per heavy atom. The van der Waals surface area contributed by atoms with Crippen molar-refractivity contribution in [3.63, 3.8) is 0 Å². The largest absolute Gasteiger partial charge is 1.00 e. The van der Waals surface area contributed by atoms with Gasteiger partial charge in [-0.05, 0) is 36.8 Å². The zero-order chi connectivity index (χ0) is 18.1. The van der Waals surface area contributed by atoms with Gasteiger partial charge in [0.1, 0.15) is 11.9 Å². The van der Waals surface area contributed by atoms with E-state index in [1.807, 2.05) is 6.92 Å². The first-order valence-electron chi connectivity index (χ1n) is 8.75. The van der Waals surface area contributed by atoms with E-state index in [-0.39, 0.29) is 24.3 Å². The highest BCUT2D eigenvalue weighted by Crippen LogP contribution is 2.28. The van der Waals surface area contributed by atoms with Crippen molar-refractivity contribution in [1.29, 1.82) is 0 Å². The van der Waals surface area contributed by atoms with Crippen LogP contribution >= 0.6 is 0 Å². The second-order valence-corrected chi connectivity index (χ2v) is 6.65. The fourth-order valence-corrected chi connectivity index (χ4v) is 3.40. The van der Waals surface area contributed by atoms with E-state index in [0.29, 0.717) is 24.3 Å². The molecule has 0 saturated carbocycles. The van der Waals surface area contributed by atoms with E-state index in [1.165, 1.54) is 11.0 Å². The summed E-state index contributed by atoms with van der Waals surface area (Å²) in [6, 6.07) is 4.95. The Hall–Kier alpha value is -2.45. The van der Waals surface area contributed by atoms with Crippen LogP contribution in [0.15, 0.2) is 30.5 Å². The number of ether oxygens (including phenoxy) is 1. The SMILES string of the molecule is Cc1cn(C[C@H]2CN(c3ccc(C4=CC[NH2+]CC4)c(F)c3)C(=O)O2)nn1.[Cl-]. The Bertz CT molecular complexity index is 869. The molecule has 4 rings (SSSR count). The molecule has 1 aromatic carbocycles. The molecule has 1 aromatic heterocycles. The summed E-state index contributed by atoms with van der Waals surface area (Å²) in [7, 11) is 0. The monoisotopic (exact) mass is 393 g/mol. The molecule has 7 nitrogen and oxygen atoms in total. The average Bonchev–Trinajstić information content (AvgIpc) is 3.21. The quantitative estimate of drug-likeness (QED) is 0.658. The van der Waals surface area contributed by atoms with Crippen LogP contribution in [-0.2, 0) is 11.3 Å². The lowest BCUT2D eigenvalue weighted by atomic mass is 9.99. The smallest absolute Gasteiger partial charge is 0.414 e. The second-order valence-electron chi connectivity index (χ2n) is 6.65. The topological polar surface area (TPSA) is 76.9 Å². The van der Waals surface area contributed by atoms with Gasteiger partial charge in [0.25, 0.3) is 0 Å². The number of aryl methyl sites for hydroxylation is 1. The number of aromatic nitrogens is 3. The molecule has 27 heavy (non-hydrogen) atoms. The molecule has 1 atom stereocenters. The number of anilines is 1. The molecule has 0 radical (unpaired) electrons. The summed E-state index contributed by atoms with van der Waals surface area (Å²) in [6.45, 7) is 4.47. The molecule has 9 heteroatoms. The number of carbonyl (C=O) groups excluding carboxylic acids is 1. The molecule has 2 aliphatic heterocycles. The van der Waals surface area contributed by atoms with Crippen molar-refractivity contribution in [2.45, 2.75) is 26.0 Å². The average molecular weight is 394 g/mol. The molecule has 0 spiro atoms. The van der Waals surface area contributed by atoms with Gasteiger partial charge in [-0.3, -0.25) is 4.90 Å². The zero-order valence-corrected chi connectivity index (χ0v) is 15.7. The molecule has 0 aliphatic carbocycles. The van der Waals surface area contributed by atoms with Crippen LogP contribution in [0, 0.1) is 12.7 Å². The minimum absolute atomic E-state index is 0. The number of cyclic esters (lactones) is 1. The van der Waals surface area contributed by atoms with Gasteiger partial charge in [-0.15, -0.1) is 5.10 Å². The molecular weight excluding hydrogens is 373 g/mol. The van der Waals surface area contributed by atoms with Crippen LogP contribution in [0.2, 0.25) is 0 Å². The zero-order valence-electron chi connectivity index (χ0n) is 14.9. The standard InChI is InChI=1S/C18H20FN5O2.ClH/c1-12-9-23(22-21-12)10-15-11-24(18(25)26-15)14-2-3-16(17(19)8-14)13-4-6-20-7-5-13;/h2-4,8-9,15,20H,5-7,10-11H2,1H3;1H/t15-;/m0./s1. The molecule has 2 N–H and O–H groups in total. The van der Waals surface area contributed by atoms with E-state index >= 15 is 0 Å². The van der Waals surface area contributed by atoms with Crippen molar-refractivity contribution in [2.24, 2.45) is 0 Å². The number of hydrogen-bond acceptors (Lipinski definition) is 4. The number of quaternary nitrogens is 1. The summed E-state index contributed by atoms with van der Waals surface area (Å²) in [5.41, 5.74) is 2.96. The molecule has 2 aliphatic rings. The van der Waals surface area contributed by atoms with E-state index in [2.05, 4.69) is 21.7 Å². The molecule has 3 heterocycles. The highest BCUT2D eigenvalue weighted by atomic mass is 35.5. The van der Waals surface area contributed by atoms with Crippen molar-refractivity contribution >= 4 is 17.4 Å². The van der Waals surface area contributed by atoms with Gasteiger partial charge < -0.3 is 22.5 Å². The lowest BCUT2D eigenvalue weighted by Gasteiger charge is -2.16. The second kappa shape index (κ2) is 8.06. The van der Waals surface area contributed by atoms with E-state index in [1.54, 1.807) is 23.0 Å². The summed E-state index contributed by atoms with van der Waals surface area (Å²) in [4.78, 5) is 13.7. The maximum Gasteiger partial charge on any atom is 0.414 e. The maximum atomic E-state index is 14.6. The molecule has 0 bridgehead atoms. The Morgan fingerprint density at radius 2 is 2.26 bits per heavy atom. The molecular formula is C18H21ClFN5O2. The lowest BCUT2D eigenvalue weighted by Crippen LogP contribution is -3.00. The summed E-state index contributed by atoms with van der Waals surface area (Å²) in [5, 5.41) is 10.1. The minimum atomic E-state index is -0.467. The van der Waals surface area contributed by atoms with Crippen LogP contribution in [-0.4, -0.2) is 46.8 Å². The molecule has 1 fully saturated rings. The third kappa shape index (κ3) is 4.12. The fraction of sp³-hybridized carbons (Fsp3) is 0.389. The Balaban J connectivity index is 0.00000210. The third-order valence-corrected chi connectivity index (χ3v) is 4.68. The predicted molar refractivity (Wildman–Crippen MR) is 93.0 cm³/mol. The lowest BCUT2D eigenvalue weighted by molar-refractivity contribution is -0.646. The number of benzene rings is 1. The fourth-order valence-electron chi connectivity index (χ4n) is 3.40. The van der Waals surface area contributed by atoms with Gasteiger partial charge in [0.05, 0.1) is 37.6 Å². The van der Waals surface area contributed by atoms with Gasteiger partial charge in [0.2, 0.25) is 0 Å². The first kappa shape index (κ1) is 19.3. The Morgan fingerprint density at radius 1 is 1.41 bits per heavy atom. The molecule has 0 unspecified atom stereocenters. The van der Waals surface area contributed by atoms with Crippen molar-refractivity contribution in [3.8, 4) is 0 Å². The first-order chi connectivity index (χ1) is 12.6. The Labute approximate surface area is 162 Å². The predicted octanol–water partition coefficient (Wildman–Crippen LogP) is -1.89. The first-order valence-corrected chi connectivity index (χ1v) is 8.75. The van der Waals surface area contributed by atoms with Gasteiger partial charge in [0.15, 0.2) is 0 Å². The summed E-state index contributed by atoms with van der Waals surface area (Å²) in [6.07, 6.45) is 3.89. The molecule has 1 amide bonds. The number of amides is 1. The van der Waals surface area contributed by atoms with E-state index in [0.717, 1.165) is 30.8 Å². The van der Waals surface area contributed by atoms with Crippen LogP contribution in [0.25, 0.3) is 5.57 Å². The highest BCUT2D eigenvalue weighted by molar-refractivity contribution is 5.90. The number of hydrogen-bond donors (Lipinski definition) is 1. The minimum Gasteiger partial charge on any atom is -1.00 e. The van der Waals surface area contributed by atoms with E-state index in [4.69, 9.17) is 4.74 Å². The van der Waals surface area contributed by atoms with Crippen LogP contribution in [0.1, 0.15) is 17.7 Å². The van der Waals surface area contributed by atoms with Gasteiger partial charge in [0, 0.05) is 18.2 Å². The van der Waals surface area contributed by atoms with Crippen LogP contribution < -0.4 is 22.6 Å². The summed E-state index contributed by atoms with van der Waals surface area (Å²) >= 11 is 0. The van der Waals surface area contributed by atoms with Crippen LogP contribution in [0.4, 0.5) is 14.9 Å². The number of halogens is 2. The van der Waals surface area contributed by atoms with Crippen LogP contribution in [0.5, 0.6) is 0 Å². The highest BCUT2D eigenvalue weighted by Gasteiger charge is 2.33. The summed E-state index contributed by atoms with van der Waals surface area (Å²) < 4.78 is 21.6. The third-order valence-electron chi connectivity index (χ3n) is 4.68. The maximum absolute atomic E-state index is 14.6. The van der Waals surface area contributed by atoms with Crippen molar-refractivity contribution < 1.29 is 31.6 Å². The summed E-state index contributed by atoms with van der Waals surface area (Å²) in [5.74, 6) is -0.307. The number of nitrogens with zero attached hydrogens (tertiary/aromatic N) is 4. The van der Waals surface area contributed by atoms with Gasteiger partial charge in [-0.2, -0.15) is 0 Å². The van der Waals surface area contributed by atoms with Crippen molar-refractivity contribution in [1.82, 2.24) is 15.0 Å². The molecule has 2 aromatic rings. The number of nitrogens with two attached hydrogens (primary N) is 1. The molecule has 1 saturated heterocycles. The molecule has 144 valence electrons.